The van der Waals surface area contributed by atoms with Gasteiger partial charge in [0.15, 0.2) is 0 Å². The van der Waals surface area contributed by atoms with Gasteiger partial charge in [0.05, 0.1) is 4.83 Å². The van der Waals surface area contributed by atoms with Crippen molar-refractivity contribution in [3.63, 3.8) is 0 Å². The molecule has 2 unspecified atom stereocenters. The van der Waals surface area contributed by atoms with Gasteiger partial charge in [-0.2, -0.15) is 0 Å². The van der Waals surface area contributed by atoms with Crippen LogP contribution in [0.3, 0.4) is 0 Å². The second kappa shape index (κ2) is 6.89. The highest BCUT2D eigenvalue weighted by Gasteiger charge is 2.32. The average Bonchev–Trinajstić information content (AvgIpc) is 2.99. The Bertz CT molecular complexity index is 339. The molecule has 0 aliphatic carbocycles. The molecule has 20 heavy (non-hydrogen) atoms. The van der Waals surface area contributed by atoms with Crippen molar-refractivity contribution in [2.75, 3.05) is 32.8 Å². The summed E-state index contributed by atoms with van der Waals surface area (Å²) in [5.74, 6) is 0.493. The third kappa shape index (κ3) is 3.52. The molecule has 2 amide bonds. The van der Waals surface area contributed by atoms with Crippen molar-refractivity contribution >= 4 is 27.7 Å². The minimum absolute atomic E-state index is 0.0915. The average molecular weight is 347 g/mol. The normalized spacial score (nSPS) is 25.1. The van der Waals surface area contributed by atoms with Crippen LogP contribution in [-0.2, 0) is 14.3 Å². The number of nitrogens with zero attached hydrogens (tertiary/aromatic N) is 2. The van der Waals surface area contributed by atoms with E-state index in [1.54, 1.807) is 0 Å². The molecule has 2 aliphatic rings. The van der Waals surface area contributed by atoms with E-state index in [1.165, 1.54) is 0 Å². The quantitative estimate of drug-likeness (QED) is 0.722. The molecule has 0 aromatic carbocycles. The summed E-state index contributed by atoms with van der Waals surface area (Å²) in [6, 6.07) is 0. The predicted molar refractivity (Wildman–Crippen MR) is 79.7 cm³/mol. The monoisotopic (exact) mass is 346 g/mol. The van der Waals surface area contributed by atoms with E-state index in [9.17, 15) is 9.59 Å². The van der Waals surface area contributed by atoms with Crippen LogP contribution in [0.4, 0.5) is 0 Å². The highest BCUT2D eigenvalue weighted by molar-refractivity contribution is 9.10. The Kier molecular flexibility index (Phi) is 5.43. The lowest BCUT2D eigenvalue weighted by molar-refractivity contribution is -0.146. The maximum Gasteiger partial charge on any atom is 0.251 e. The number of rotatable bonds is 3. The van der Waals surface area contributed by atoms with Crippen LogP contribution in [-0.4, -0.2) is 65.3 Å². The van der Waals surface area contributed by atoms with E-state index in [0.29, 0.717) is 32.8 Å². The first-order valence-corrected chi connectivity index (χ1v) is 8.25. The smallest absolute Gasteiger partial charge is 0.251 e. The Labute approximate surface area is 128 Å². The second-order valence-electron chi connectivity index (χ2n) is 5.80. The minimum atomic E-state index is -0.253. The van der Waals surface area contributed by atoms with Crippen molar-refractivity contribution in [2.45, 2.75) is 37.6 Å². The van der Waals surface area contributed by atoms with Crippen LogP contribution >= 0.6 is 15.9 Å². The third-order valence-corrected chi connectivity index (χ3v) is 5.38. The molecule has 6 heteroatoms. The van der Waals surface area contributed by atoms with Gasteiger partial charge in [-0.15, -0.1) is 0 Å². The van der Waals surface area contributed by atoms with Crippen LogP contribution in [0.2, 0.25) is 0 Å². The molecule has 0 saturated carbocycles. The van der Waals surface area contributed by atoms with E-state index in [-0.39, 0.29) is 28.7 Å². The fourth-order valence-electron chi connectivity index (χ4n) is 2.58. The summed E-state index contributed by atoms with van der Waals surface area (Å²) >= 11 is 3.45. The van der Waals surface area contributed by atoms with Gasteiger partial charge in [-0.3, -0.25) is 9.59 Å². The van der Waals surface area contributed by atoms with Crippen molar-refractivity contribution in [3.8, 4) is 0 Å². The van der Waals surface area contributed by atoms with Crippen molar-refractivity contribution in [1.82, 2.24) is 9.80 Å². The van der Waals surface area contributed by atoms with E-state index >= 15 is 0 Å². The van der Waals surface area contributed by atoms with Gasteiger partial charge in [0.2, 0.25) is 5.91 Å². The molecule has 0 aromatic rings. The summed E-state index contributed by atoms with van der Waals surface area (Å²) in [6.45, 7) is 7.19. The third-order valence-electron chi connectivity index (χ3n) is 3.93. The Morgan fingerprint density at radius 3 is 2.25 bits per heavy atom. The molecule has 2 fully saturated rings. The van der Waals surface area contributed by atoms with E-state index in [1.807, 2.05) is 23.6 Å². The fourth-order valence-corrected chi connectivity index (χ4v) is 2.87. The van der Waals surface area contributed by atoms with Gasteiger partial charge < -0.3 is 14.5 Å². The predicted octanol–water partition coefficient (Wildman–Crippen LogP) is 1.26. The van der Waals surface area contributed by atoms with E-state index < -0.39 is 0 Å². The number of alkyl halides is 1. The largest absolute Gasteiger partial charge is 0.368 e. The number of carbonyl (C=O) groups is 2. The standard InChI is InChI=1S/C14H23BrN2O3/c1-10(2)12(15)14(19)17-7-5-16(6-8-17)13(18)11-4-3-9-20-11/h10-12H,3-9H2,1-2H3. The van der Waals surface area contributed by atoms with Gasteiger partial charge in [-0.25, -0.2) is 0 Å². The molecular formula is C14H23BrN2O3. The molecule has 0 spiro atoms. The molecule has 0 bridgehead atoms. The Morgan fingerprint density at radius 2 is 1.75 bits per heavy atom. The number of hydrogen-bond acceptors (Lipinski definition) is 3. The summed E-state index contributed by atoms with van der Waals surface area (Å²) in [6.07, 6.45) is 1.54. The lowest BCUT2D eigenvalue weighted by Gasteiger charge is -2.37. The first-order valence-electron chi connectivity index (χ1n) is 7.34. The van der Waals surface area contributed by atoms with Crippen LogP contribution in [0.5, 0.6) is 0 Å². The molecule has 0 N–H and O–H groups in total. The number of piperazine rings is 1. The van der Waals surface area contributed by atoms with Crippen LogP contribution < -0.4 is 0 Å². The summed E-state index contributed by atoms with van der Waals surface area (Å²) in [4.78, 5) is 28.0. The molecule has 2 heterocycles. The molecule has 2 atom stereocenters. The second-order valence-corrected chi connectivity index (χ2v) is 6.78. The Balaban J connectivity index is 1.83. The first-order chi connectivity index (χ1) is 9.50. The fraction of sp³-hybridized carbons (Fsp3) is 0.857. The molecular weight excluding hydrogens is 324 g/mol. The molecule has 2 saturated heterocycles. The topological polar surface area (TPSA) is 49.9 Å². The molecule has 114 valence electrons. The van der Waals surface area contributed by atoms with Crippen molar-refractivity contribution < 1.29 is 14.3 Å². The zero-order valence-corrected chi connectivity index (χ0v) is 13.8. The SMILES string of the molecule is CC(C)C(Br)C(=O)N1CCN(C(=O)C2CCCO2)CC1. The summed E-state index contributed by atoms with van der Waals surface area (Å²) in [5.41, 5.74) is 0. The van der Waals surface area contributed by atoms with Crippen molar-refractivity contribution in [2.24, 2.45) is 5.92 Å². The number of ether oxygens (including phenoxy) is 1. The zero-order valence-electron chi connectivity index (χ0n) is 12.2. The van der Waals surface area contributed by atoms with Crippen LogP contribution in [0, 0.1) is 5.92 Å². The maximum absolute atomic E-state index is 12.2. The van der Waals surface area contributed by atoms with Crippen LogP contribution in [0.25, 0.3) is 0 Å². The highest BCUT2D eigenvalue weighted by Crippen LogP contribution is 2.18. The number of hydrogen-bond donors (Lipinski definition) is 0. The Morgan fingerprint density at radius 1 is 1.15 bits per heavy atom. The summed E-state index contributed by atoms with van der Waals surface area (Å²) < 4.78 is 5.43. The summed E-state index contributed by atoms with van der Waals surface area (Å²) in [5, 5.41) is 0. The number of amides is 2. The van der Waals surface area contributed by atoms with Crippen LogP contribution in [0.1, 0.15) is 26.7 Å². The summed E-state index contributed by atoms with van der Waals surface area (Å²) in [7, 11) is 0. The molecule has 0 aromatic heterocycles. The molecule has 2 aliphatic heterocycles. The van der Waals surface area contributed by atoms with E-state index in [4.69, 9.17) is 4.74 Å². The van der Waals surface area contributed by atoms with Gasteiger partial charge in [-0.05, 0) is 18.8 Å². The zero-order chi connectivity index (χ0) is 14.7. The molecule has 0 radical (unpaired) electrons. The maximum atomic E-state index is 12.2. The van der Waals surface area contributed by atoms with Gasteiger partial charge in [0.25, 0.3) is 5.91 Å². The lowest BCUT2D eigenvalue weighted by Crippen LogP contribution is -2.54. The number of carbonyl (C=O) groups excluding carboxylic acids is 2. The van der Waals surface area contributed by atoms with E-state index in [0.717, 1.165) is 12.8 Å². The minimum Gasteiger partial charge on any atom is -0.368 e. The van der Waals surface area contributed by atoms with Crippen molar-refractivity contribution in [1.29, 1.82) is 0 Å². The van der Waals surface area contributed by atoms with Gasteiger partial charge in [0, 0.05) is 32.8 Å². The van der Waals surface area contributed by atoms with Gasteiger partial charge in [0.1, 0.15) is 6.10 Å². The van der Waals surface area contributed by atoms with Gasteiger partial charge >= 0.3 is 0 Å². The molecule has 2 rings (SSSR count). The van der Waals surface area contributed by atoms with Crippen LogP contribution in [0.15, 0.2) is 0 Å². The highest BCUT2D eigenvalue weighted by atomic mass is 79.9. The van der Waals surface area contributed by atoms with Gasteiger partial charge in [-0.1, -0.05) is 29.8 Å². The Hall–Kier alpha value is -0.620. The van der Waals surface area contributed by atoms with E-state index in [2.05, 4.69) is 15.9 Å². The molecule has 5 nitrogen and oxygen atoms in total. The lowest BCUT2D eigenvalue weighted by atomic mass is 10.1. The van der Waals surface area contributed by atoms with Crippen molar-refractivity contribution in [3.05, 3.63) is 0 Å². The first kappa shape index (κ1) is 15.8. The number of halogens is 1.